The molecule has 2 atom stereocenters. The van der Waals surface area contributed by atoms with E-state index in [4.69, 9.17) is 0 Å². The highest BCUT2D eigenvalue weighted by atomic mass is 16.6. The van der Waals surface area contributed by atoms with Crippen molar-refractivity contribution in [1.29, 1.82) is 0 Å². The number of piperidine rings is 1. The molecule has 0 aromatic heterocycles. The third kappa shape index (κ3) is 4.56. The van der Waals surface area contributed by atoms with Crippen LogP contribution in [0.25, 0.3) is 0 Å². The van der Waals surface area contributed by atoms with Crippen LogP contribution in [0, 0.1) is 10.1 Å². The van der Waals surface area contributed by atoms with Gasteiger partial charge < -0.3 is 15.7 Å². The summed E-state index contributed by atoms with van der Waals surface area (Å²) < 4.78 is 0. The van der Waals surface area contributed by atoms with Crippen molar-refractivity contribution >= 4 is 17.3 Å². The van der Waals surface area contributed by atoms with Crippen molar-refractivity contribution in [2.75, 3.05) is 25.5 Å². The van der Waals surface area contributed by atoms with E-state index >= 15 is 0 Å². The number of nitro groups is 1. The Morgan fingerprint density at radius 2 is 1.93 bits per heavy atom. The van der Waals surface area contributed by atoms with E-state index in [1.165, 1.54) is 19.5 Å². The summed E-state index contributed by atoms with van der Waals surface area (Å²) in [4.78, 5) is 25.1. The monoisotopic (exact) mass is 376 g/mol. The molecule has 8 nitrogen and oxygen atoms in total. The Hall–Kier alpha value is -2.19. The van der Waals surface area contributed by atoms with Gasteiger partial charge >= 0.3 is 0 Å². The van der Waals surface area contributed by atoms with Crippen molar-refractivity contribution in [3.8, 4) is 0 Å². The number of likely N-dealkylation sites (tertiary alicyclic amines) is 1. The van der Waals surface area contributed by atoms with Crippen LogP contribution in [0.4, 0.5) is 11.4 Å². The number of nitrogens with one attached hydrogen (secondary N) is 2. The SMILES string of the molecule is CNC(=O)c1ccc(NC2CCN(C3CCCCC3O)CC2)c([N+](=O)[O-])c1. The lowest BCUT2D eigenvalue weighted by atomic mass is 9.89. The quantitative estimate of drug-likeness (QED) is 0.537. The van der Waals surface area contributed by atoms with Crippen LogP contribution in [0.3, 0.4) is 0 Å². The van der Waals surface area contributed by atoms with Crippen LogP contribution < -0.4 is 10.6 Å². The number of benzene rings is 1. The molecule has 148 valence electrons. The highest BCUT2D eigenvalue weighted by molar-refractivity contribution is 5.95. The average molecular weight is 376 g/mol. The fourth-order valence-corrected chi connectivity index (χ4v) is 4.20. The van der Waals surface area contributed by atoms with Gasteiger partial charge in [-0.15, -0.1) is 0 Å². The summed E-state index contributed by atoms with van der Waals surface area (Å²) in [5.41, 5.74) is 0.640. The maximum absolute atomic E-state index is 11.7. The molecule has 27 heavy (non-hydrogen) atoms. The number of hydrogen-bond donors (Lipinski definition) is 3. The van der Waals surface area contributed by atoms with Gasteiger partial charge in [0.2, 0.25) is 0 Å². The molecular weight excluding hydrogens is 348 g/mol. The van der Waals surface area contributed by atoms with Crippen LogP contribution in [0.1, 0.15) is 48.9 Å². The molecular formula is C19H28N4O4. The highest BCUT2D eigenvalue weighted by Crippen LogP contribution is 2.30. The Labute approximate surface area is 159 Å². The molecule has 3 rings (SSSR count). The van der Waals surface area contributed by atoms with Crippen LogP contribution in [-0.2, 0) is 0 Å². The van der Waals surface area contributed by atoms with E-state index in [1.54, 1.807) is 12.1 Å². The van der Waals surface area contributed by atoms with Gasteiger partial charge in [0.25, 0.3) is 11.6 Å². The molecule has 1 aliphatic heterocycles. The standard InChI is InChI=1S/C19H28N4O4/c1-20-19(25)13-6-7-15(17(12-13)23(26)27)21-14-8-10-22(11-9-14)16-4-2-3-5-18(16)24/h6-7,12,14,16,18,21,24H,2-5,8-11H2,1H3,(H,20,25). The van der Waals surface area contributed by atoms with Crippen molar-refractivity contribution in [1.82, 2.24) is 10.2 Å². The summed E-state index contributed by atoms with van der Waals surface area (Å²) in [6.07, 6.45) is 5.71. The van der Waals surface area contributed by atoms with Gasteiger partial charge in [-0.25, -0.2) is 0 Å². The first kappa shape index (κ1) is 19.6. The normalized spacial score (nSPS) is 24.4. The summed E-state index contributed by atoms with van der Waals surface area (Å²) in [6.45, 7) is 1.76. The lowest BCUT2D eigenvalue weighted by Crippen LogP contribution is -2.50. The minimum Gasteiger partial charge on any atom is -0.391 e. The maximum Gasteiger partial charge on any atom is 0.293 e. The second-order valence-electron chi connectivity index (χ2n) is 7.44. The summed E-state index contributed by atoms with van der Waals surface area (Å²) in [5, 5.41) is 27.4. The fourth-order valence-electron chi connectivity index (χ4n) is 4.20. The van der Waals surface area contributed by atoms with Gasteiger partial charge in [-0.2, -0.15) is 0 Å². The topological polar surface area (TPSA) is 108 Å². The van der Waals surface area contributed by atoms with Crippen molar-refractivity contribution in [2.45, 2.75) is 56.7 Å². The molecule has 8 heteroatoms. The van der Waals surface area contributed by atoms with E-state index in [9.17, 15) is 20.0 Å². The minimum atomic E-state index is -0.456. The molecule has 0 radical (unpaired) electrons. The lowest BCUT2D eigenvalue weighted by Gasteiger charge is -2.41. The molecule has 1 saturated heterocycles. The van der Waals surface area contributed by atoms with Gasteiger partial charge in [0, 0.05) is 43.9 Å². The second kappa shape index (κ2) is 8.67. The Morgan fingerprint density at radius 1 is 1.22 bits per heavy atom. The van der Waals surface area contributed by atoms with Gasteiger partial charge in [0.05, 0.1) is 11.0 Å². The molecule has 1 amide bonds. The number of hydrogen-bond acceptors (Lipinski definition) is 6. The van der Waals surface area contributed by atoms with Crippen LogP contribution in [0.15, 0.2) is 18.2 Å². The van der Waals surface area contributed by atoms with Gasteiger partial charge in [0.1, 0.15) is 5.69 Å². The Balaban J connectivity index is 1.63. The number of aliphatic hydroxyl groups is 1. The van der Waals surface area contributed by atoms with E-state index in [2.05, 4.69) is 15.5 Å². The lowest BCUT2D eigenvalue weighted by molar-refractivity contribution is -0.384. The zero-order valence-electron chi connectivity index (χ0n) is 15.7. The second-order valence-corrected chi connectivity index (χ2v) is 7.44. The molecule has 2 unspecified atom stereocenters. The number of aliphatic hydroxyl groups excluding tert-OH is 1. The Morgan fingerprint density at radius 3 is 2.56 bits per heavy atom. The largest absolute Gasteiger partial charge is 0.391 e. The van der Waals surface area contributed by atoms with Crippen molar-refractivity contribution < 1.29 is 14.8 Å². The van der Waals surface area contributed by atoms with Crippen LogP contribution in [-0.4, -0.2) is 59.2 Å². The van der Waals surface area contributed by atoms with Crippen LogP contribution in [0.2, 0.25) is 0 Å². The zero-order valence-corrected chi connectivity index (χ0v) is 15.7. The van der Waals surface area contributed by atoms with Gasteiger partial charge in [0.15, 0.2) is 0 Å². The molecule has 0 spiro atoms. The zero-order chi connectivity index (χ0) is 19.4. The molecule has 2 aliphatic rings. The van der Waals surface area contributed by atoms with E-state index in [-0.39, 0.29) is 35.3 Å². The maximum atomic E-state index is 11.7. The van der Waals surface area contributed by atoms with Crippen molar-refractivity contribution in [3.05, 3.63) is 33.9 Å². The predicted molar refractivity (Wildman–Crippen MR) is 103 cm³/mol. The molecule has 3 N–H and O–H groups in total. The van der Waals surface area contributed by atoms with E-state index < -0.39 is 4.92 Å². The number of amides is 1. The molecule has 2 fully saturated rings. The first-order chi connectivity index (χ1) is 13.0. The fraction of sp³-hybridized carbons (Fsp3) is 0.632. The number of nitro benzene ring substituents is 1. The summed E-state index contributed by atoms with van der Waals surface area (Å²) in [6, 6.07) is 4.92. The Kier molecular flexibility index (Phi) is 6.28. The molecule has 1 aliphatic carbocycles. The molecule has 1 saturated carbocycles. The van der Waals surface area contributed by atoms with Crippen LogP contribution in [0.5, 0.6) is 0 Å². The first-order valence-electron chi connectivity index (χ1n) is 9.68. The van der Waals surface area contributed by atoms with Crippen molar-refractivity contribution in [2.24, 2.45) is 0 Å². The smallest absolute Gasteiger partial charge is 0.293 e. The molecule has 1 heterocycles. The first-order valence-corrected chi connectivity index (χ1v) is 9.68. The third-order valence-corrected chi connectivity index (χ3v) is 5.74. The molecule has 0 bridgehead atoms. The van der Waals surface area contributed by atoms with Gasteiger partial charge in [-0.3, -0.25) is 19.8 Å². The third-order valence-electron chi connectivity index (χ3n) is 5.74. The highest BCUT2D eigenvalue weighted by Gasteiger charge is 2.32. The summed E-state index contributed by atoms with van der Waals surface area (Å²) in [5.74, 6) is -0.344. The number of anilines is 1. The molecule has 1 aromatic rings. The number of carbonyl (C=O) groups excluding carboxylic acids is 1. The van der Waals surface area contributed by atoms with E-state index in [0.29, 0.717) is 5.69 Å². The Bertz CT molecular complexity index is 688. The minimum absolute atomic E-state index is 0.0822. The van der Waals surface area contributed by atoms with Gasteiger partial charge in [-0.05, 0) is 37.8 Å². The summed E-state index contributed by atoms with van der Waals surface area (Å²) >= 11 is 0. The number of carbonyl (C=O) groups is 1. The van der Waals surface area contributed by atoms with Gasteiger partial charge in [-0.1, -0.05) is 12.8 Å². The molecule has 1 aromatic carbocycles. The van der Waals surface area contributed by atoms with E-state index in [1.807, 2.05) is 0 Å². The van der Waals surface area contributed by atoms with Crippen molar-refractivity contribution in [3.63, 3.8) is 0 Å². The average Bonchev–Trinajstić information content (AvgIpc) is 2.68. The number of rotatable bonds is 5. The predicted octanol–water partition coefficient (Wildman–Crippen LogP) is 2.13. The van der Waals surface area contributed by atoms with E-state index in [0.717, 1.165) is 45.2 Å². The van der Waals surface area contributed by atoms with Crippen LogP contribution >= 0.6 is 0 Å². The summed E-state index contributed by atoms with van der Waals surface area (Å²) in [7, 11) is 1.50. The number of nitrogens with zero attached hydrogens (tertiary/aromatic N) is 2.